The van der Waals surface area contributed by atoms with Gasteiger partial charge in [-0.1, -0.05) is 26.0 Å². The van der Waals surface area contributed by atoms with Crippen LogP contribution in [0.15, 0.2) is 52.3 Å². The molecule has 10 heteroatoms. The number of amides is 1. The first-order chi connectivity index (χ1) is 15.1. The maximum absolute atomic E-state index is 13.1. The molecule has 0 spiro atoms. The Morgan fingerprint density at radius 3 is 2.06 bits per heavy atom. The molecule has 8 nitrogen and oxygen atoms in total. The minimum absolute atomic E-state index is 0.0286. The zero-order chi connectivity index (χ0) is 23.5. The van der Waals surface area contributed by atoms with Gasteiger partial charge in [-0.05, 0) is 55.7 Å². The van der Waals surface area contributed by atoms with Gasteiger partial charge in [-0.3, -0.25) is 9.52 Å². The van der Waals surface area contributed by atoms with Crippen LogP contribution in [0, 0.1) is 6.92 Å². The number of hydrogen-bond acceptors (Lipinski definition) is 5. The van der Waals surface area contributed by atoms with Crippen LogP contribution in [0.25, 0.3) is 0 Å². The second kappa shape index (κ2) is 9.60. The highest BCUT2D eigenvalue weighted by Gasteiger charge is 2.26. The van der Waals surface area contributed by atoms with Crippen LogP contribution in [0.5, 0.6) is 0 Å². The smallest absolute Gasteiger partial charge is 0.261 e. The number of carbonyl (C=O) groups excluding carboxylic acids is 1. The van der Waals surface area contributed by atoms with Crippen molar-refractivity contribution in [2.45, 2.75) is 43.4 Å². The Morgan fingerprint density at radius 1 is 0.938 bits per heavy atom. The quantitative estimate of drug-likeness (QED) is 0.627. The summed E-state index contributed by atoms with van der Waals surface area (Å²) in [6.45, 7) is 7.17. The SMILES string of the molecule is CCN(CC)S(=O)(=O)c1ccc(S(=O)(=O)Nc2c(C)cccc2C(=O)N2CCCC2)cc1. The van der Waals surface area contributed by atoms with Crippen LogP contribution in [-0.2, 0) is 20.0 Å². The second-order valence-electron chi connectivity index (χ2n) is 7.66. The summed E-state index contributed by atoms with van der Waals surface area (Å²) < 4.78 is 55.3. The average Bonchev–Trinajstić information content (AvgIpc) is 3.30. The number of aryl methyl sites for hydroxylation is 1. The molecule has 1 aliphatic rings. The Hall–Kier alpha value is -2.43. The second-order valence-corrected chi connectivity index (χ2v) is 11.3. The van der Waals surface area contributed by atoms with Gasteiger partial charge < -0.3 is 4.90 Å². The lowest BCUT2D eigenvalue weighted by Gasteiger charge is -2.20. The van der Waals surface area contributed by atoms with E-state index < -0.39 is 20.0 Å². The van der Waals surface area contributed by atoms with E-state index in [1.165, 1.54) is 28.6 Å². The van der Waals surface area contributed by atoms with Crippen LogP contribution in [0.3, 0.4) is 0 Å². The molecule has 1 heterocycles. The Labute approximate surface area is 190 Å². The Kier molecular flexibility index (Phi) is 7.26. The molecular formula is C22H29N3O5S2. The summed E-state index contributed by atoms with van der Waals surface area (Å²) in [7, 11) is -7.73. The van der Waals surface area contributed by atoms with Crippen molar-refractivity contribution in [3.63, 3.8) is 0 Å². The van der Waals surface area contributed by atoms with Crippen LogP contribution in [0.2, 0.25) is 0 Å². The molecule has 0 unspecified atom stereocenters. The third-order valence-electron chi connectivity index (χ3n) is 5.61. The molecular weight excluding hydrogens is 450 g/mol. The van der Waals surface area contributed by atoms with E-state index in [9.17, 15) is 21.6 Å². The van der Waals surface area contributed by atoms with Gasteiger partial charge in [-0.25, -0.2) is 16.8 Å². The molecule has 32 heavy (non-hydrogen) atoms. The van der Waals surface area contributed by atoms with E-state index in [1.54, 1.807) is 43.9 Å². The number of anilines is 1. The normalized spacial score (nSPS) is 14.7. The first-order valence-corrected chi connectivity index (χ1v) is 13.6. The predicted molar refractivity (Wildman–Crippen MR) is 124 cm³/mol. The van der Waals surface area contributed by atoms with E-state index in [2.05, 4.69) is 4.72 Å². The summed E-state index contributed by atoms with van der Waals surface area (Å²) in [6, 6.07) is 10.2. The summed E-state index contributed by atoms with van der Waals surface area (Å²) in [5.74, 6) is -0.204. The van der Waals surface area contributed by atoms with Gasteiger partial charge in [0.05, 0.1) is 21.0 Å². The van der Waals surface area contributed by atoms with Crippen molar-refractivity contribution in [1.29, 1.82) is 0 Å². The molecule has 0 saturated carbocycles. The van der Waals surface area contributed by atoms with Crippen LogP contribution in [0.4, 0.5) is 5.69 Å². The van der Waals surface area contributed by atoms with Crippen molar-refractivity contribution in [2.24, 2.45) is 0 Å². The predicted octanol–water partition coefficient (Wildman–Crippen LogP) is 3.06. The molecule has 0 bridgehead atoms. The standard InChI is InChI=1S/C22H29N3O5S2/c1-4-25(5-2)32(29,30)19-13-11-18(12-14-19)31(27,28)23-21-17(3)9-8-10-20(21)22(26)24-15-6-7-16-24/h8-14,23H,4-7,15-16H2,1-3H3. The zero-order valence-corrected chi connectivity index (χ0v) is 20.2. The van der Waals surface area contributed by atoms with Crippen molar-refractivity contribution in [3.8, 4) is 0 Å². The lowest BCUT2D eigenvalue weighted by Crippen LogP contribution is -2.30. The number of benzene rings is 2. The number of nitrogens with zero attached hydrogens (tertiary/aromatic N) is 2. The van der Waals surface area contributed by atoms with E-state index in [0.717, 1.165) is 12.8 Å². The van der Waals surface area contributed by atoms with Crippen LogP contribution >= 0.6 is 0 Å². The van der Waals surface area contributed by atoms with E-state index in [4.69, 9.17) is 0 Å². The number of nitrogens with one attached hydrogen (secondary N) is 1. The van der Waals surface area contributed by atoms with Gasteiger partial charge in [0, 0.05) is 26.2 Å². The van der Waals surface area contributed by atoms with Crippen LogP contribution < -0.4 is 4.72 Å². The fourth-order valence-corrected chi connectivity index (χ4v) is 6.38. The minimum Gasteiger partial charge on any atom is -0.339 e. The van der Waals surface area contributed by atoms with Crippen LogP contribution in [-0.4, -0.2) is 58.1 Å². The molecule has 1 aliphatic heterocycles. The molecule has 1 amide bonds. The maximum Gasteiger partial charge on any atom is 0.261 e. The minimum atomic E-state index is -4.04. The van der Waals surface area contributed by atoms with E-state index >= 15 is 0 Å². The maximum atomic E-state index is 13.1. The summed E-state index contributed by atoms with van der Waals surface area (Å²) in [5, 5.41) is 0. The molecule has 2 aromatic rings. The molecule has 1 fully saturated rings. The van der Waals surface area contributed by atoms with Crippen LogP contribution in [0.1, 0.15) is 42.6 Å². The van der Waals surface area contributed by atoms with Gasteiger partial charge in [0.25, 0.3) is 15.9 Å². The summed E-state index contributed by atoms with van der Waals surface area (Å²) >= 11 is 0. The first-order valence-electron chi connectivity index (χ1n) is 10.6. The summed E-state index contributed by atoms with van der Waals surface area (Å²) in [4.78, 5) is 14.6. The number of hydrogen-bond donors (Lipinski definition) is 1. The molecule has 1 saturated heterocycles. The molecule has 0 aliphatic carbocycles. The van der Waals surface area contributed by atoms with Crippen molar-refractivity contribution >= 4 is 31.6 Å². The molecule has 2 aromatic carbocycles. The highest BCUT2D eigenvalue weighted by atomic mass is 32.2. The Balaban J connectivity index is 1.91. The molecule has 1 N–H and O–H groups in total. The van der Waals surface area contributed by atoms with Gasteiger partial charge in [-0.15, -0.1) is 0 Å². The largest absolute Gasteiger partial charge is 0.339 e. The molecule has 3 rings (SSSR count). The number of rotatable bonds is 8. The van der Waals surface area contributed by atoms with E-state index in [1.807, 2.05) is 0 Å². The van der Waals surface area contributed by atoms with Gasteiger partial charge in [-0.2, -0.15) is 4.31 Å². The Morgan fingerprint density at radius 2 is 1.50 bits per heavy atom. The third-order valence-corrected chi connectivity index (χ3v) is 9.04. The zero-order valence-electron chi connectivity index (χ0n) is 18.5. The van der Waals surface area contributed by atoms with Crippen molar-refractivity contribution in [3.05, 3.63) is 53.6 Å². The van der Waals surface area contributed by atoms with Gasteiger partial charge in [0.15, 0.2) is 0 Å². The van der Waals surface area contributed by atoms with Crippen molar-refractivity contribution in [1.82, 2.24) is 9.21 Å². The third kappa shape index (κ3) is 4.82. The van der Waals surface area contributed by atoms with Gasteiger partial charge >= 0.3 is 0 Å². The highest BCUT2D eigenvalue weighted by Crippen LogP contribution is 2.27. The number of para-hydroxylation sites is 1. The molecule has 174 valence electrons. The highest BCUT2D eigenvalue weighted by molar-refractivity contribution is 7.92. The van der Waals surface area contributed by atoms with Crippen molar-refractivity contribution in [2.75, 3.05) is 30.9 Å². The lowest BCUT2D eigenvalue weighted by atomic mass is 10.1. The Bertz CT molecular complexity index is 1180. The van der Waals surface area contributed by atoms with Gasteiger partial charge in [0.2, 0.25) is 10.0 Å². The average molecular weight is 480 g/mol. The van der Waals surface area contributed by atoms with E-state index in [-0.39, 0.29) is 21.4 Å². The number of sulfonamides is 2. The lowest BCUT2D eigenvalue weighted by molar-refractivity contribution is 0.0793. The summed E-state index contributed by atoms with van der Waals surface area (Å²) in [5.41, 5.74) is 1.17. The molecule has 0 atom stereocenters. The molecule has 0 radical (unpaired) electrons. The van der Waals surface area contributed by atoms with E-state index in [0.29, 0.717) is 37.3 Å². The first kappa shape index (κ1) is 24.2. The van der Waals surface area contributed by atoms with Crippen molar-refractivity contribution < 1.29 is 21.6 Å². The number of carbonyl (C=O) groups is 1. The summed E-state index contributed by atoms with van der Waals surface area (Å²) in [6.07, 6.45) is 1.86. The number of likely N-dealkylation sites (tertiary alicyclic amines) is 1. The topological polar surface area (TPSA) is 104 Å². The monoisotopic (exact) mass is 479 g/mol. The fraction of sp³-hybridized carbons (Fsp3) is 0.409. The molecule has 0 aromatic heterocycles. The fourth-order valence-electron chi connectivity index (χ4n) is 3.77. The van der Waals surface area contributed by atoms with Gasteiger partial charge in [0.1, 0.15) is 0 Å².